The van der Waals surface area contributed by atoms with Crippen molar-refractivity contribution in [3.63, 3.8) is 0 Å². The Labute approximate surface area is 128 Å². The summed E-state index contributed by atoms with van der Waals surface area (Å²) in [6, 6.07) is 7.14. The van der Waals surface area contributed by atoms with Gasteiger partial charge in [-0.2, -0.15) is 5.10 Å². The fourth-order valence-corrected chi connectivity index (χ4v) is 2.46. The number of rotatable bonds is 5. The van der Waals surface area contributed by atoms with E-state index in [-0.39, 0.29) is 24.4 Å². The molecule has 1 heterocycles. The lowest BCUT2D eigenvalue weighted by Gasteiger charge is -2.26. The molecule has 1 aromatic heterocycles. The van der Waals surface area contributed by atoms with Crippen LogP contribution < -0.4 is 5.43 Å². The Balaban J connectivity index is 2.55. The molecule has 0 aliphatic heterocycles. The van der Waals surface area contributed by atoms with Crippen molar-refractivity contribution in [2.45, 2.75) is 39.3 Å². The number of carbonyl (C=O) groups is 1. The summed E-state index contributed by atoms with van der Waals surface area (Å²) in [5.41, 5.74) is 0.0492. The Morgan fingerprint density at radius 3 is 2.68 bits per heavy atom. The Morgan fingerprint density at radius 2 is 2.05 bits per heavy atom. The number of aliphatic hydroxyl groups excluding tert-OH is 1. The van der Waals surface area contributed by atoms with Crippen LogP contribution in [-0.4, -0.2) is 33.1 Å². The number of hydrogen-bond donors (Lipinski definition) is 1. The zero-order valence-corrected chi connectivity index (χ0v) is 13.0. The van der Waals surface area contributed by atoms with Gasteiger partial charge in [-0.3, -0.25) is 14.3 Å². The maximum atomic E-state index is 12.3. The van der Waals surface area contributed by atoms with Crippen LogP contribution >= 0.6 is 0 Å². The smallest absolute Gasteiger partial charge is 0.303 e. The first-order chi connectivity index (χ1) is 10.3. The highest BCUT2D eigenvalue weighted by atomic mass is 16.6. The third kappa shape index (κ3) is 3.51. The third-order valence-electron chi connectivity index (χ3n) is 3.23. The first kappa shape index (κ1) is 16.2. The van der Waals surface area contributed by atoms with E-state index in [1.165, 1.54) is 6.92 Å². The van der Waals surface area contributed by atoms with Gasteiger partial charge in [0.25, 0.3) is 0 Å². The number of benzene rings is 1. The summed E-state index contributed by atoms with van der Waals surface area (Å²) in [5, 5.41) is 14.0. The predicted octanol–water partition coefficient (Wildman–Crippen LogP) is 1.27. The molecule has 22 heavy (non-hydrogen) atoms. The number of carbonyl (C=O) groups excluding carboxylic acids is 1. The minimum atomic E-state index is -0.757. The Kier molecular flexibility index (Phi) is 4.61. The van der Waals surface area contributed by atoms with Gasteiger partial charge in [0.2, 0.25) is 5.43 Å². The normalized spacial score (nSPS) is 11.6. The molecule has 0 aliphatic rings. The molecule has 6 heteroatoms. The van der Waals surface area contributed by atoms with Crippen molar-refractivity contribution in [2.75, 3.05) is 6.61 Å². The second-order valence-electron chi connectivity index (χ2n) is 5.78. The van der Waals surface area contributed by atoms with E-state index in [0.717, 1.165) is 0 Å². The molecular formula is C16H20N2O4. The molecule has 2 aromatic rings. The summed E-state index contributed by atoms with van der Waals surface area (Å²) in [4.78, 5) is 23.5. The van der Waals surface area contributed by atoms with Crippen molar-refractivity contribution in [1.82, 2.24) is 9.78 Å². The molecule has 0 bridgehead atoms. The molecular weight excluding hydrogens is 284 g/mol. The molecule has 118 valence electrons. The quantitative estimate of drug-likeness (QED) is 0.841. The zero-order chi connectivity index (χ0) is 16.3. The molecule has 0 atom stereocenters. The van der Waals surface area contributed by atoms with Gasteiger partial charge < -0.3 is 9.84 Å². The van der Waals surface area contributed by atoms with Crippen LogP contribution in [0.1, 0.15) is 26.5 Å². The van der Waals surface area contributed by atoms with Crippen molar-refractivity contribution < 1.29 is 14.6 Å². The van der Waals surface area contributed by atoms with Gasteiger partial charge in [0.05, 0.1) is 12.1 Å². The first-order valence-corrected chi connectivity index (χ1v) is 7.13. The van der Waals surface area contributed by atoms with Crippen LogP contribution in [0, 0.1) is 0 Å². The van der Waals surface area contributed by atoms with E-state index >= 15 is 0 Å². The minimum Gasteiger partial charge on any atom is -0.458 e. The predicted molar refractivity (Wildman–Crippen MR) is 82.6 cm³/mol. The highest BCUT2D eigenvalue weighted by molar-refractivity contribution is 5.78. The molecule has 0 aliphatic carbocycles. The maximum absolute atomic E-state index is 12.3. The molecule has 0 fully saturated rings. The number of aromatic nitrogens is 2. The van der Waals surface area contributed by atoms with Crippen molar-refractivity contribution in [2.24, 2.45) is 0 Å². The van der Waals surface area contributed by atoms with Crippen molar-refractivity contribution >= 4 is 16.9 Å². The minimum absolute atomic E-state index is 0.145. The average molecular weight is 304 g/mol. The van der Waals surface area contributed by atoms with Crippen molar-refractivity contribution in [1.29, 1.82) is 0 Å². The van der Waals surface area contributed by atoms with E-state index in [0.29, 0.717) is 23.1 Å². The van der Waals surface area contributed by atoms with Gasteiger partial charge in [0.15, 0.2) is 0 Å². The van der Waals surface area contributed by atoms with Gasteiger partial charge in [-0.25, -0.2) is 0 Å². The monoisotopic (exact) mass is 304 g/mol. The van der Waals surface area contributed by atoms with E-state index in [1.54, 1.807) is 36.7 Å². The molecule has 0 unspecified atom stereocenters. The summed E-state index contributed by atoms with van der Waals surface area (Å²) >= 11 is 0. The lowest BCUT2D eigenvalue weighted by molar-refractivity contribution is -0.154. The number of esters is 1. The van der Waals surface area contributed by atoms with Crippen LogP contribution in [0.5, 0.6) is 0 Å². The first-order valence-electron chi connectivity index (χ1n) is 7.13. The summed E-state index contributed by atoms with van der Waals surface area (Å²) < 4.78 is 6.95. The second-order valence-corrected chi connectivity index (χ2v) is 5.78. The van der Waals surface area contributed by atoms with Crippen LogP contribution in [-0.2, 0) is 22.5 Å². The van der Waals surface area contributed by atoms with Gasteiger partial charge in [0.1, 0.15) is 11.3 Å². The maximum Gasteiger partial charge on any atom is 0.303 e. The Hall–Kier alpha value is -2.21. The lowest BCUT2D eigenvalue weighted by atomic mass is 10.1. The lowest BCUT2D eigenvalue weighted by Crippen LogP contribution is -2.34. The summed E-state index contributed by atoms with van der Waals surface area (Å²) in [6.07, 6.45) is 0.192. The highest BCUT2D eigenvalue weighted by Gasteiger charge is 2.24. The van der Waals surface area contributed by atoms with E-state index in [4.69, 9.17) is 9.84 Å². The molecule has 6 nitrogen and oxygen atoms in total. The molecule has 0 radical (unpaired) electrons. The van der Waals surface area contributed by atoms with Gasteiger partial charge in [-0.05, 0) is 26.0 Å². The average Bonchev–Trinajstić information content (AvgIpc) is 2.42. The Morgan fingerprint density at radius 1 is 1.36 bits per heavy atom. The molecule has 1 aromatic carbocycles. The molecule has 0 saturated carbocycles. The van der Waals surface area contributed by atoms with Gasteiger partial charge in [-0.15, -0.1) is 0 Å². The second kappa shape index (κ2) is 6.27. The van der Waals surface area contributed by atoms with Crippen molar-refractivity contribution in [3.05, 3.63) is 40.2 Å². The number of fused-ring (bicyclic) bond motifs is 1. The van der Waals surface area contributed by atoms with Crippen molar-refractivity contribution in [3.8, 4) is 0 Å². The molecule has 1 N–H and O–H groups in total. The van der Waals surface area contributed by atoms with E-state index in [2.05, 4.69) is 5.10 Å². The number of aliphatic hydroxyl groups is 1. The van der Waals surface area contributed by atoms with E-state index in [1.807, 2.05) is 6.07 Å². The fourth-order valence-electron chi connectivity index (χ4n) is 2.46. The number of ether oxygens (including phenoxy) is 1. The van der Waals surface area contributed by atoms with Crippen LogP contribution in [0.15, 0.2) is 29.1 Å². The van der Waals surface area contributed by atoms with Crippen LogP contribution in [0.2, 0.25) is 0 Å². The molecule has 0 spiro atoms. The summed E-state index contributed by atoms with van der Waals surface area (Å²) in [7, 11) is 0. The fraction of sp³-hybridized carbons (Fsp3) is 0.438. The topological polar surface area (TPSA) is 81.4 Å². The third-order valence-corrected chi connectivity index (χ3v) is 3.23. The van der Waals surface area contributed by atoms with Gasteiger partial charge in [0, 0.05) is 25.3 Å². The SMILES string of the molecule is CC(=O)OC(C)(C)Cn1nc(CCO)c(=O)c2ccccc21. The number of nitrogens with zero attached hydrogens (tertiary/aromatic N) is 2. The van der Waals surface area contributed by atoms with Crippen LogP contribution in [0.4, 0.5) is 0 Å². The standard InChI is InChI=1S/C16H20N2O4/c1-11(20)22-16(2,3)10-18-14-7-5-4-6-12(14)15(21)13(17-18)8-9-19/h4-7,19H,8-10H2,1-3H3. The molecule has 0 saturated heterocycles. The van der Waals surface area contributed by atoms with E-state index in [9.17, 15) is 9.59 Å². The summed E-state index contributed by atoms with van der Waals surface area (Å²) in [6.45, 7) is 5.10. The van der Waals surface area contributed by atoms with Gasteiger partial charge >= 0.3 is 5.97 Å². The number of para-hydroxylation sites is 1. The van der Waals surface area contributed by atoms with Crippen LogP contribution in [0.3, 0.4) is 0 Å². The molecule has 2 rings (SSSR count). The Bertz CT molecular complexity index is 749. The number of hydrogen-bond acceptors (Lipinski definition) is 5. The zero-order valence-electron chi connectivity index (χ0n) is 13.0. The largest absolute Gasteiger partial charge is 0.458 e. The van der Waals surface area contributed by atoms with Gasteiger partial charge in [-0.1, -0.05) is 12.1 Å². The highest BCUT2D eigenvalue weighted by Crippen LogP contribution is 2.17. The molecule has 0 amide bonds. The summed E-state index contributed by atoms with van der Waals surface area (Å²) in [5.74, 6) is -0.370. The van der Waals surface area contributed by atoms with Crippen LogP contribution in [0.25, 0.3) is 10.9 Å². The van der Waals surface area contributed by atoms with E-state index < -0.39 is 5.60 Å².